The molecule has 0 aromatic heterocycles. The number of aryl methyl sites for hydroxylation is 6. The third-order valence-electron chi connectivity index (χ3n) is 8.33. The zero-order valence-electron chi connectivity index (χ0n) is 27.3. The first-order valence-electron chi connectivity index (χ1n) is 16.4. The van der Waals surface area contributed by atoms with Crippen molar-refractivity contribution in [2.24, 2.45) is 0 Å². The summed E-state index contributed by atoms with van der Waals surface area (Å²) in [6.07, 6.45) is 3.69. The zero-order valence-corrected chi connectivity index (χ0v) is 27.3. The molecule has 0 radical (unpaired) electrons. The summed E-state index contributed by atoms with van der Waals surface area (Å²) in [5.74, 6) is 1.62. The maximum Gasteiger partial charge on any atom is 0.169 e. The molecule has 0 unspecified atom stereocenters. The molecule has 0 fully saturated rings. The smallest absolute Gasteiger partial charge is 0.169 e. The number of rotatable bonds is 13. The highest BCUT2D eigenvalue weighted by molar-refractivity contribution is 5.50. The van der Waals surface area contributed by atoms with E-state index in [0.29, 0.717) is 50.0 Å². The molecule has 8 heteroatoms. The van der Waals surface area contributed by atoms with Crippen LogP contribution in [-0.4, -0.2) is 30.6 Å². The maximum absolute atomic E-state index is 10.7. The van der Waals surface area contributed by atoms with Crippen LogP contribution in [0.1, 0.15) is 33.4 Å². The second-order valence-corrected chi connectivity index (χ2v) is 12.3. The Morgan fingerprint density at radius 2 is 0.700 bits per heavy atom. The van der Waals surface area contributed by atoms with Gasteiger partial charge in [0.15, 0.2) is 23.0 Å². The zero-order chi connectivity index (χ0) is 35.0. The van der Waals surface area contributed by atoms with E-state index < -0.39 is 0 Å². The maximum atomic E-state index is 10.7. The molecule has 254 valence electrons. The average Bonchev–Trinajstić information content (AvgIpc) is 3.08. The Hall–Kier alpha value is -6.28. The lowest BCUT2D eigenvalue weighted by Crippen LogP contribution is -1.97. The Morgan fingerprint density at radius 3 is 1.14 bits per heavy atom. The topological polar surface area (TPSA) is 140 Å². The first-order chi connectivity index (χ1) is 24.1. The van der Waals surface area contributed by atoms with Gasteiger partial charge in [-0.2, -0.15) is 0 Å². The van der Waals surface area contributed by atoms with Crippen LogP contribution in [0.5, 0.6) is 57.5 Å². The van der Waals surface area contributed by atoms with Gasteiger partial charge in [0.1, 0.15) is 34.5 Å². The van der Waals surface area contributed by atoms with Crippen LogP contribution in [0.25, 0.3) is 0 Å². The van der Waals surface area contributed by atoms with Crippen molar-refractivity contribution in [3.63, 3.8) is 0 Å². The van der Waals surface area contributed by atoms with E-state index in [4.69, 9.17) is 9.47 Å². The first kappa shape index (κ1) is 33.6. The molecular weight excluding hydrogens is 632 g/mol. The van der Waals surface area contributed by atoms with Crippen molar-refractivity contribution in [3.8, 4) is 57.5 Å². The number of hydrogen-bond donors (Lipinski definition) is 6. The van der Waals surface area contributed by atoms with Crippen molar-refractivity contribution in [2.75, 3.05) is 0 Å². The lowest BCUT2D eigenvalue weighted by molar-refractivity contribution is 0.399. The van der Waals surface area contributed by atoms with Crippen molar-refractivity contribution in [3.05, 3.63) is 155 Å². The second-order valence-electron chi connectivity index (χ2n) is 12.3. The fourth-order valence-electron chi connectivity index (χ4n) is 5.83. The standard InChI is InChI=1S/C42H38O8/c43-33-5-1-3-27(17-33)7-9-29-13-15-39(47)41(23-29)49-37-21-32(12-11-31-19-35(45)25-36(46)20-31)22-38(26-37)50-42-24-30(14-16-40(42)48)10-8-28-4-2-6-34(44)18-28/h1-6,13-26,43-48H,7-12H2. The largest absolute Gasteiger partial charge is 0.508 e. The SMILES string of the molecule is Oc1cccc(CCc2ccc(O)c(Oc3cc(CCc4cc(O)cc(O)c4)cc(Oc4cc(CCc5cccc(O)c5)ccc4O)c3)c2)c1. The summed E-state index contributed by atoms with van der Waals surface area (Å²) >= 11 is 0. The number of benzene rings is 6. The van der Waals surface area contributed by atoms with Crippen LogP contribution in [0.2, 0.25) is 0 Å². The van der Waals surface area contributed by atoms with E-state index in [2.05, 4.69) is 0 Å². The van der Waals surface area contributed by atoms with Gasteiger partial charge in [-0.05, 0) is 145 Å². The summed E-state index contributed by atoms with van der Waals surface area (Å²) < 4.78 is 12.5. The van der Waals surface area contributed by atoms with Gasteiger partial charge >= 0.3 is 0 Å². The van der Waals surface area contributed by atoms with Crippen molar-refractivity contribution < 1.29 is 40.1 Å². The molecule has 0 heterocycles. The number of ether oxygens (including phenoxy) is 2. The molecule has 0 amide bonds. The summed E-state index contributed by atoms with van der Waals surface area (Å²) in [5, 5.41) is 61.0. The molecule has 0 atom stereocenters. The second kappa shape index (κ2) is 15.3. The van der Waals surface area contributed by atoms with Crippen molar-refractivity contribution >= 4 is 0 Å². The highest BCUT2D eigenvalue weighted by atomic mass is 16.5. The van der Waals surface area contributed by atoms with Gasteiger partial charge in [-0.3, -0.25) is 0 Å². The molecule has 0 aliphatic heterocycles. The van der Waals surface area contributed by atoms with Crippen LogP contribution in [0.15, 0.2) is 121 Å². The van der Waals surface area contributed by atoms with Crippen LogP contribution in [-0.2, 0) is 38.5 Å². The summed E-state index contributed by atoms with van der Waals surface area (Å²) in [5.41, 5.74) is 5.41. The Kier molecular flexibility index (Phi) is 10.3. The van der Waals surface area contributed by atoms with Gasteiger partial charge in [-0.25, -0.2) is 0 Å². The van der Waals surface area contributed by atoms with Crippen molar-refractivity contribution in [2.45, 2.75) is 38.5 Å². The highest BCUT2D eigenvalue weighted by Gasteiger charge is 2.13. The summed E-state index contributed by atoms with van der Waals surface area (Å²) in [4.78, 5) is 0. The summed E-state index contributed by atoms with van der Waals surface area (Å²) in [6.45, 7) is 0. The van der Waals surface area contributed by atoms with Crippen LogP contribution in [0.3, 0.4) is 0 Å². The number of aromatic hydroxyl groups is 6. The minimum Gasteiger partial charge on any atom is -0.508 e. The van der Waals surface area contributed by atoms with E-state index in [1.807, 2.05) is 36.4 Å². The Balaban J connectivity index is 1.25. The summed E-state index contributed by atoms with van der Waals surface area (Å²) in [7, 11) is 0. The third kappa shape index (κ3) is 9.20. The number of phenolic OH excluding ortho intramolecular Hbond substituents is 6. The monoisotopic (exact) mass is 670 g/mol. The van der Waals surface area contributed by atoms with E-state index in [1.165, 1.54) is 6.07 Å². The van der Waals surface area contributed by atoms with Gasteiger partial charge in [0, 0.05) is 12.1 Å². The Labute approximate surface area is 290 Å². The fourth-order valence-corrected chi connectivity index (χ4v) is 5.83. The van der Waals surface area contributed by atoms with Gasteiger partial charge in [0.25, 0.3) is 0 Å². The number of phenols is 6. The fraction of sp³-hybridized carbons (Fsp3) is 0.143. The third-order valence-corrected chi connectivity index (χ3v) is 8.33. The Morgan fingerprint density at radius 1 is 0.320 bits per heavy atom. The molecule has 50 heavy (non-hydrogen) atoms. The molecule has 0 bridgehead atoms. The quantitative estimate of drug-likeness (QED) is 0.0716. The normalized spacial score (nSPS) is 11.0. The number of hydrogen-bond acceptors (Lipinski definition) is 8. The molecule has 6 aromatic rings. The molecule has 0 aliphatic rings. The minimum atomic E-state index is -0.0358. The van der Waals surface area contributed by atoms with Gasteiger partial charge in [-0.1, -0.05) is 36.4 Å². The lowest BCUT2D eigenvalue weighted by Gasteiger charge is -2.15. The molecule has 6 rings (SSSR count). The lowest BCUT2D eigenvalue weighted by atomic mass is 10.0. The van der Waals surface area contributed by atoms with E-state index >= 15 is 0 Å². The van der Waals surface area contributed by atoms with Gasteiger partial charge in [0.2, 0.25) is 0 Å². The van der Waals surface area contributed by atoms with Crippen molar-refractivity contribution in [1.82, 2.24) is 0 Å². The van der Waals surface area contributed by atoms with Crippen LogP contribution < -0.4 is 9.47 Å². The molecule has 6 N–H and O–H groups in total. The van der Waals surface area contributed by atoms with E-state index in [-0.39, 0.29) is 46.0 Å². The molecule has 6 aromatic carbocycles. The molecule has 0 saturated carbocycles. The predicted octanol–water partition coefficient (Wildman–Crippen LogP) is 8.86. The Bertz CT molecular complexity index is 1970. The molecule has 0 aliphatic carbocycles. The van der Waals surface area contributed by atoms with E-state index in [1.54, 1.807) is 78.9 Å². The molecule has 0 saturated heterocycles. The highest BCUT2D eigenvalue weighted by Crippen LogP contribution is 2.38. The van der Waals surface area contributed by atoms with Crippen LogP contribution >= 0.6 is 0 Å². The minimum absolute atomic E-state index is 0.0278. The van der Waals surface area contributed by atoms with Gasteiger partial charge in [0.05, 0.1) is 0 Å². The van der Waals surface area contributed by atoms with Crippen LogP contribution in [0.4, 0.5) is 0 Å². The molecule has 0 spiro atoms. The average molecular weight is 671 g/mol. The van der Waals surface area contributed by atoms with Gasteiger partial charge in [-0.15, -0.1) is 0 Å². The molecular formula is C42H38O8. The van der Waals surface area contributed by atoms with Crippen molar-refractivity contribution in [1.29, 1.82) is 0 Å². The first-order valence-corrected chi connectivity index (χ1v) is 16.4. The van der Waals surface area contributed by atoms with E-state index in [9.17, 15) is 30.6 Å². The molecule has 8 nitrogen and oxygen atoms in total. The predicted molar refractivity (Wildman–Crippen MR) is 191 cm³/mol. The van der Waals surface area contributed by atoms with Gasteiger partial charge < -0.3 is 40.1 Å². The van der Waals surface area contributed by atoms with E-state index in [0.717, 1.165) is 33.4 Å². The summed E-state index contributed by atoms with van der Waals surface area (Å²) in [6, 6.07) is 34.4. The van der Waals surface area contributed by atoms with Crippen LogP contribution in [0, 0.1) is 0 Å².